The smallest absolute Gasteiger partial charge is 0.126 e. The SMILES string of the molecule is Clc1ccc(C(NCc2cnc[nH]2)c2ccco2)s1. The van der Waals surface area contributed by atoms with Crippen LogP contribution in [0, 0.1) is 0 Å². The molecule has 0 radical (unpaired) electrons. The number of imidazole rings is 1. The van der Waals surface area contributed by atoms with Crippen LogP contribution in [-0.4, -0.2) is 9.97 Å². The number of aromatic nitrogens is 2. The Morgan fingerprint density at radius 1 is 1.42 bits per heavy atom. The quantitative estimate of drug-likeness (QED) is 0.756. The summed E-state index contributed by atoms with van der Waals surface area (Å²) in [7, 11) is 0. The third kappa shape index (κ3) is 2.89. The second-order valence-electron chi connectivity index (χ2n) is 4.05. The van der Waals surface area contributed by atoms with Crippen LogP contribution >= 0.6 is 22.9 Å². The summed E-state index contributed by atoms with van der Waals surface area (Å²) in [4.78, 5) is 8.19. The number of thiophene rings is 1. The van der Waals surface area contributed by atoms with Gasteiger partial charge in [0, 0.05) is 23.3 Å². The predicted octanol–water partition coefficient (Wildman–Crippen LogP) is 3.60. The van der Waals surface area contributed by atoms with Crippen molar-refractivity contribution in [3.05, 3.63) is 63.7 Å². The molecule has 0 spiro atoms. The summed E-state index contributed by atoms with van der Waals surface area (Å²) in [5.74, 6) is 0.873. The Morgan fingerprint density at radius 3 is 3.00 bits per heavy atom. The first-order chi connectivity index (χ1) is 9.33. The lowest BCUT2D eigenvalue weighted by atomic mass is 10.2. The molecule has 0 aliphatic carbocycles. The molecule has 6 heteroatoms. The van der Waals surface area contributed by atoms with Gasteiger partial charge in [0.1, 0.15) is 11.8 Å². The van der Waals surface area contributed by atoms with Gasteiger partial charge in [0.15, 0.2) is 0 Å². The molecule has 0 aliphatic rings. The van der Waals surface area contributed by atoms with Crippen LogP contribution in [0.2, 0.25) is 4.34 Å². The zero-order valence-corrected chi connectivity index (χ0v) is 11.5. The van der Waals surface area contributed by atoms with Gasteiger partial charge in [0.25, 0.3) is 0 Å². The van der Waals surface area contributed by atoms with Crippen LogP contribution in [-0.2, 0) is 6.54 Å². The van der Waals surface area contributed by atoms with Crippen molar-refractivity contribution in [2.45, 2.75) is 12.6 Å². The van der Waals surface area contributed by atoms with Crippen molar-refractivity contribution in [2.24, 2.45) is 0 Å². The van der Waals surface area contributed by atoms with Gasteiger partial charge in [-0.15, -0.1) is 11.3 Å². The molecule has 3 aromatic heterocycles. The average Bonchev–Trinajstić information content (AvgIpc) is 3.11. The van der Waals surface area contributed by atoms with E-state index in [1.807, 2.05) is 24.3 Å². The third-order valence-electron chi connectivity index (χ3n) is 2.76. The van der Waals surface area contributed by atoms with Gasteiger partial charge in [-0.05, 0) is 24.3 Å². The second kappa shape index (κ2) is 5.61. The molecule has 0 fully saturated rings. The monoisotopic (exact) mass is 293 g/mol. The fourth-order valence-corrected chi connectivity index (χ4v) is 3.02. The molecule has 3 rings (SSSR count). The topological polar surface area (TPSA) is 53.9 Å². The van der Waals surface area contributed by atoms with Gasteiger partial charge < -0.3 is 9.40 Å². The van der Waals surface area contributed by atoms with E-state index in [0.29, 0.717) is 6.54 Å². The van der Waals surface area contributed by atoms with Crippen LogP contribution in [0.15, 0.2) is 47.5 Å². The highest BCUT2D eigenvalue weighted by Gasteiger charge is 2.18. The van der Waals surface area contributed by atoms with Crippen molar-refractivity contribution < 1.29 is 4.42 Å². The fourth-order valence-electron chi connectivity index (χ4n) is 1.87. The number of rotatable bonds is 5. The van der Waals surface area contributed by atoms with E-state index in [2.05, 4.69) is 15.3 Å². The summed E-state index contributed by atoms with van der Waals surface area (Å²) in [6.07, 6.45) is 5.14. The van der Waals surface area contributed by atoms with E-state index >= 15 is 0 Å². The third-order valence-corrected chi connectivity index (χ3v) is 4.05. The molecular weight excluding hydrogens is 282 g/mol. The largest absolute Gasteiger partial charge is 0.467 e. The van der Waals surface area contributed by atoms with E-state index in [1.165, 1.54) is 0 Å². The highest BCUT2D eigenvalue weighted by Crippen LogP contribution is 2.31. The van der Waals surface area contributed by atoms with Gasteiger partial charge in [-0.1, -0.05) is 11.6 Å². The summed E-state index contributed by atoms with van der Waals surface area (Å²) in [5, 5.41) is 3.44. The lowest BCUT2D eigenvalue weighted by Crippen LogP contribution is -2.20. The average molecular weight is 294 g/mol. The summed E-state index contributed by atoms with van der Waals surface area (Å²) < 4.78 is 6.28. The standard InChI is InChI=1S/C13H12ClN3OS/c14-12-4-3-11(19-12)13(10-2-1-5-18-10)16-7-9-6-15-8-17-9/h1-6,8,13,16H,7H2,(H,15,17). The molecule has 3 heterocycles. The first kappa shape index (κ1) is 12.5. The minimum absolute atomic E-state index is 0.00389. The van der Waals surface area contributed by atoms with Gasteiger partial charge in [-0.2, -0.15) is 0 Å². The Labute approximate surface area is 119 Å². The number of hydrogen-bond acceptors (Lipinski definition) is 4. The van der Waals surface area contributed by atoms with Crippen LogP contribution in [0.5, 0.6) is 0 Å². The zero-order chi connectivity index (χ0) is 13.1. The molecule has 3 aromatic rings. The van der Waals surface area contributed by atoms with Crippen LogP contribution in [0.4, 0.5) is 0 Å². The Kier molecular flexibility index (Phi) is 3.68. The molecule has 2 N–H and O–H groups in total. The maximum atomic E-state index is 6.01. The Balaban J connectivity index is 1.80. The molecule has 0 saturated carbocycles. The van der Waals surface area contributed by atoms with Gasteiger partial charge in [-0.3, -0.25) is 5.32 Å². The Bertz CT molecular complexity index is 618. The molecule has 1 atom stereocenters. The number of halogens is 1. The molecule has 4 nitrogen and oxygen atoms in total. The summed E-state index contributed by atoms with van der Waals surface area (Å²) in [6, 6.07) is 7.75. The number of furan rings is 1. The second-order valence-corrected chi connectivity index (χ2v) is 5.79. The molecule has 0 bridgehead atoms. The number of hydrogen-bond donors (Lipinski definition) is 2. The van der Waals surface area contributed by atoms with Crippen molar-refractivity contribution in [3.63, 3.8) is 0 Å². The van der Waals surface area contributed by atoms with Crippen molar-refractivity contribution in [1.29, 1.82) is 0 Å². The summed E-state index contributed by atoms with van der Waals surface area (Å²) in [5.41, 5.74) is 1.03. The van der Waals surface area contributed by atoms with Crippen molar-refractivity contribution in [1.82, 2.24) is 15.3 Å². The predicted molar refractivity (Wildman–Crippen MR) is 75.3 cm³/mol. The molecular formula is C13H12ClN3OS. The normalized spacial score (nSPS) is 12.7. The van der Waals surface area contributed by atoms with Crippen LogP contribution in [0.1, 0.15) is 22.4 Å². The molecule has 98 valence electrons. The minimum Gasteiger partial charge on any atom is -0.467 e. The van der Waals surface area contributed by atoms with E-state index < -0.39 is 0 Å². The number of H-pyrrole nitrogens is 1. The fraction of sp³-hybridized carbons (Fsp3) is 0.154. The van der Waals surface area contributed by atoms with E-state index in [0.717, 1.165) is 20.7 Å². The molecule has 0 aliphatic heterocycles. The van der Waals surface area contributed by atoms with Crippen LogP contribution < -0.4 is 5.32 Å². The van der Waals surface area contributed by atoms with Gasteiger partial charge in [0.2, 0.25) is 0 Å². The van der Waals surface area contributed by atoms with Crippen molar-refractivity contribution in [2.75, 3.05) is 0 Å². The lowest BCUT2D eigenvalue weighted by molar-refractivity contribution is 0.448. The van der Waals surface area contributed by atoms with E-state index in [4.69, 9.17) is 16.0 Å². The van der Waals surface area contributed by atoms with Crippen LogP contribution in [0.3, 0.4) is 0 Å². The first-order valence-corrected chi connectivity index (χ1v) is 7.01. The minimum atomic E-state index is -0.00389. The highest BCUT2D eigenvalue weighted by molar-refractivity contribution is 7.16. The van der Waals surface area contributed by atoms with Crippen molar-refractivity contribution in [3.8, 4) is 0 Å². The lowest BCUT2D eigenvalue weighted by Gasteiger charge is -2.14. The highest BCUT2D eigenvalue weighted by atomic mass is 35.5. The molecule has 0 saturated heterocycles. The van der Waals surface area contributed by atoms with Gasteiger partial charge >= 0.3 is 0 Å². The molecule has 0 aromatic carbocycles. The van der Waals surface area contributed by atoms with Crippen LogP contribution in [0.25, 0.3) is 0 Å². The maximum Gasteiger partial charge on any atom is 0.126 e. The number of nitrogens with zero attached hydrogens (tertiary/aromatic N) is 1. The molecule has 19 heavy (non-hydrogen) atoms. The zero-order valence-electron chi connectivity index (χ0n) is 9.97. The first-order valence-electron chi connectivity index (χ1n) is 5.82. The van der Waals surface area contributed by atoms with Crippen molar-refractivity contribution >= 4 is 22.9 Å². The van der Waals surface area contributed by atoms with Gasteiger partial charge in [0.05, 0.1) is 16.9 Å². The Hall–Kier alpha value is -1.56. The molecule has 1 unspecified atom stereocenters. The molecule has 0 amide bonds. The van der Waals surface area contributed by atoms with Gasteiger partial charge in [-0.25, -0.2) is 4.98 Å². The summed E-state index contributed by atoms with van der Waals surface area (Å²) in [6.45, 7) is 0.681. The van der Waals surface area contributed by atoms with E-state index in [9.17, 15) is 0 Å². The van der Waals surface area contributed by atoms with E-state index in [1.54, 1.807) is 30.1 Å². The van der Waals surface area contributed by atoms with E-state index in [-0.39, 0.29) is 6.04 Å². The Morgan fingerprint density at radius 2 is 2.37 bits per heavy atom. The number of nitrogens with one attached hydrogen (secondary N) is 2. The maximum absolute atomic E-state index is 6.01. The summed E-state index contributed by atoms with van der Waals surface area (Å²) >= 11 is 7.56. The number of aromatic amines is 1.